The van der Waals surface area contributed by atoms with Crippen LogP contribution in [0.1, 0.15) is 24.0 Å². The Balaban J connectivity index is 2.59. The topological polar surface area (TPSA) is 48.8 Å². The van der Waals surface area contributed by atoms with E-state index in [-0.39, 0.29) is 5.56 Å². The molecule has 0 amide bonds. The van der Waals surface area contributed by atoms with Crippen molar-refractivity contribution in [2.24, 2.45) is 5.11 Å². The normalized spacial score (nSPS) is 10.7. The molecule has 0 N–H and O–H groups in total. The van der Waals surface area contributed by atoms with Gasteiger partial charge in [0.2, 0.25) is 0 Å². The molecule has 0 aromatic heterocycles. The zero-order chi connectivity index (χ0) is 11.8. The third-order valence-electron chi connectivity index (χ3n) is 1.93. The molecular weight excluding hydrogens is 212 g/mol. The van der Waals surface area contributed by atoms with E-state index in [1.54, 1.807) is 24.3 Å². The fraction of sp³-hybridized carbons (Fsp3) is 0.273. The summed E-state index contributed by atoms with van der Waals surface area (Å²) in [7, 11) is 0. The number of nitrogens with zero attached hydrogens (tertiary/aromatic N) is 3. The van der Waals surface area contributed by atoms with Crippen LogP contribution in [-0.2, 0) is 0 Å². The van der Waals surface area contributed by atoms with Crippen molar-refractivity contribution in [2.75, 3.05) is 6.54 Å². The molecule has 0 saturated carbocycles. The Morgan fingerprint density at radius 1 is 1.44 bits per heavy atom. The first-order chi connectivity index (χ1) is 7.74. The number of hydrogen-bond donors (Lipinski definition) is 0. The van der Waals surface area contributed by atoms with Crippen molar-refractivity contribution >= 4 is 6.08 Å². The molecule has 0 saturated heterocycles. The maximum Gasteiger partial charge on any atom is 0.263 e. The van der Waals surface area contributed by atoms with Gasteiger partial charge in [-0.25, -0.2) is 8.78 Å². The van der Waals surface area contributed by atoms with Crippen molar-refractivity contribution < 1.29 is 8.78 Å². The highest BCUT2D eigenvalue weighted by Crippen LogP contribution is 2.19. The van der Waals surface area contributed by atoms with Gasteiger partial charge in [-0.05, 0) is 23.6 Å². The molecule has 16 heavy (non-hydrogen) atoms. The van der Waals surface area contributed by atoms with Gasteiger partial charge in [-0.3, -0.25) is 0 Å². The average molecular weight is 223 g/mol. The van der Waals surface area contributed by atoms with E-state index in [4.69, 9.17) is 5.53 Å². The molecule has 1 rings (SSSR count). The fourth-order valence-corrected chi connectivity index (χ4v) is 1.19. The molecule has 1 aromatic rings. The monoisotopic (exact) mass is 223 g/mol. The Morgan fingerprint density at radius 2 is 2.25 bits per heavy atom. The van der Waals surface area contributed by atoms with Crippen LogP contribution in [0.25, 0.3) is 16.5 Å². The van der Waals surface area contributed by atoms with Gasteiger partial charge in [-0.1, -0.05) is 35.5 Å². The van der Waals surface area contributed by atoms with Crippen LogP contribution in [0.2, 0.25) is 0 Å². The van der Waals surface area contributed by atoms with Gasteiger partial charge < -0.3 is 0 Å². The minimum atomic E-state index is -2.45. The van der Waals surface area contributed by atoms with E-state index in [9.17, 15) is 8.78 Å². The van der Waals surface area contributed by atoms with Crippen LogP contribution in [0.4, 0.5) is 8.78 Å². The number of alkyl halides is 2. The smallest absolute Gasteiger partial charge is 0.205 e. The van der Waals surface area contributed by atoms with Crippen molar-refractivity contribution in [1.82, 2.24) is 0 Å². The van der Waals surface area contributed by atoms with E-state index >= 15 is 0 Å². The van der Waals surface area contributed by atoms with E-state index in [2.05, 4.69) is 10.0 Å². The first-order valence-electron chi connectivity index (χ1n) is 4.79. The lowest BCUT2D eigenvalue weighted by Crippen LogP contribution is -1.84. The SMILES string of the molecule is [N-]=[N+]=NCCC=Cc1cccc(C(F)F)c1. The summed E-state index contributed by atoms with van der Waals surface area (Å²) in [6.07, 6.45) is 1.68. The summed E-state index contributed by atoms with van der Waals surface area (Å²) in [5.41, 5.74) is 8.76. The zero-order valence-corrected chi connectivity index (χ0v) is 8.55. The van der Waals surface area contributed by atoms with Gasteiger partial charge in [0.05, 0.1) is 0 Å². The third kappa shape index (κ3) is 4.11. The molecule has 0 spiro atoms. The number of hydrogen-bond acceptors (Lipinski definition) is 1. The summed E-state index contributed by atoms with van der Waals surface area (Å²) < 4.78 is 24.7. The van der Waals surface area contributed by atoms with Crippen molar-refractivity contribution in [1.29, 1.82) is 0 Å². The quantitative estimate of drug-likeness (QED) is 0.308. The van der Waals surface area contributed by atoms with Crippen LogP contribution >= 0.6 is 0 Å². The molecule has 0 heterocycles. The summed E-state index contributed by atoms with van der Waals surface area (Å²) >= 11 is 0. The largest absolute Gasteiger partial charge is 0.263 e. The van der Waals surface area contributed by atoms with E-state index in [0.29, 0.717) is 13.0 Å². The second kappa shape index (κ2) is 6.58. The van der Waals surface area contributed by atoms with Crippen molar-refractivity contribution in [2.45, 2.75) is 12.8 Å². The number of azide groups is 1. The molecule has 5 heteroatoms. The Bertz CT molecular complexity index is 409. The Hall–Kier alpha value is -1.87. The van der Waals surface area contributed by atoms with Crippen LogP contribution in [0, 0.1) is 0 Å². The molecule has 0 aliphatic rings. The van der Waals surface area contributed by atoms with Crippen LogP contribution in [0.15, 0.2) is 35.5 Å². The zero-order valence-electron chi connectivity index (χ0n) is 8.55. The van der Waals surface area contributed by atoms with Crippen molar-refractivity contribution in [3.05, 3.63) is 51.9 Å². The Morgan fingerprint density at radius 3 is 2.94 bits per heavy atom. The summed E-state index contributed by atoms with van der Waals surface area (Å²) in [6, 6.07) is 6.17. The lowest BCUT2D eigenvalue weighted by atomic mass is 10.1. The highest BCUT2D eigenvalue weighted by Gasteiger charge is 2.05. The van der Waals surface area contributed by atoms with Crippen LogP contribution < -0.4 is 0 Å². The maximum atomic E-state index is 12.4. The van der Waals surface area contributed by atoms with Gasteiger partial charge in [0.15, 0.2) is 0 Å². The third-order valence-corrected chi connectivity index (χ3v) is 1.93. The van der Waals surface area contributed by atoms with Crippen molar-refractivity contribution in [3.8, 4) is 0 Å². The van der Waals surface area contributed by atoms with Gasteiger partial charge in [-0.15, -0.1) is 0 Å². The van der Waals surface area contributed by atoms with Gasteiger partial charge >= 0.3 is 0 Å². The van der Waals surface area contributed by atoms with E-state index in [0.717, 1.165) is 5.56 Å². The molecule has 3 nitrogen and oxygen atoms in total. The summed E-state index contributed by atoms with van der Waals surface area (Å²) in [5.74, 6) is 0. The lowest BCUT2D eigenvalue weighted by Gasteiger charge is -2.00. The van der Waals surface area contributed by atoms with Gasteiger partial charge in [-0.2, -0.15) is 0 Å². The minimum Gasteiger partial charge on any atom is -0.205 e. The summed E-state index contributed by atoms with van der Waals surface area (Å²) in [4.78, 5) is 2.61. The molecule has 1 aromatic carbocycles. The maximum absolute atomic E-state index is 12.4. The highest BCUT2D eigenvalue weighted by atomic mass is 19.3. The molecule has 0 aliphatic carbocycles. The Labute approximate surface area is 92.0 Å². The molecule has 0 radical (unpaired) electrons. The van der Waals surface area contributed by atoms with E-state index in [1.807, 2.05) is 0 Å². The van der Waals surface area contributed by atoms with Gasteiger partial charge in [0.1, 0.15) is 0 Å². The molecule has 0 fully saturated rings. The van der Waals surface area contributed by atoms with Crippen LogP contribution in [-0.4, -0.2) is 6.54 Å². The fourth-order valence-electron chi connectivity index (χ4n) is 1.19. The summed E-state index contributed by atoms with van der Waals surface area (Å²) in [6.45, 7) is 0.377. The van der Waals surface area contributed by atoms with E-state index < -0.39 is 6.43 Å². The molecule has 0 atom stereocenters. The molecular formula is C11H11F2N3. The highest BCUT2D eigenvalue weighted by molar-refractivity contribution is 5.50. The molecule has 0 aliphatic heterocycles. The van der Waals surface area contributed by atoms with Gasteiger partial charge in [0.25, 0.3) is 6.43 Å². The van der Waals surface area contributed by atoms with Crippen molar-refractivity contribution in [3.63, 3.8) is 0 Å². The predicted octanol–water partition coefficient (Wildman–Crippen LogP) is 4.34. The minimum absolute atomic E-state index is 0.0113. The molecule has 0 unspecified atom stereocenters. The molecule has 84 valence electrons. The second-order valence-corrected chi connectivity index (χ2v) is 3.12. The van der Waals surface area contributed by atoms with Gasteiger partial charge in [0, 0.05) is 17.0 Å². The Kier molecular flexibility index (Phi) is 5.02. The first kappa shape index (κ1) is 12.2. The number of benzene rings is 1. The molecule has 0 bridgehead atoms. The number of rotatable bonds is 5. The first-order valence-corrected chi connectivity index (χ1v) is 4.79. The summed E-state index contributed by atoms with van der Waals surface area (Å²) in [5, 5.41) is 3.36. The van der Waals surface area contributed by atoms with Crippen LogP contribution in [0.5, 0.6) is 0 Å². The second-order valence-electron chi connectivity index (χ2n) is 3.12. The van der Waals surface area contributed by atoms with E-state index in [1.165, 1.54) is 12.1 Å². The number of halogens is 2. The predicted molar refractivity (Wildman–Crippen MR) is 59.1 cm³/mol. The average Bonchev–Trinajstić information content (AvgIpc) is 2.29. The lowest BCUT2D eigenvalue weighted by molar-refractivity contribution is 0.151. The standard InChI is InChI=1S/C11H11F2N3/c12-11(13)10-6-3-5-9(8-10)4-1-2-7-15-16-14/h1,3-6,8,11H,2,7H2. The van der Waals surface area contributed by atoms with Crippen LogP contribution in [0.3, 0.4) is 0 Å².